The lowest BCUT2D eigenvalue weighted by Crippen LogP contribution is -2.68. The van der Waals surface area contributed by atoms with E-state index in [1.54, 1.807) is 58.0 Å². The van der Waals surface area contributed by atoms with Crippen LogP contribution >= 0.6 is 0 Å². The first kappa shape index (κ1) is 34.7. The van der Waals surface area contributed by atoms with Gasteiger partial charge >= 0.3 is 18.4 Å². The second kappa shape index (κ2) is 13.7. The molecule has 0 aromatic heterocycles. The minimum absolute atomic E-state index is 0.117. The number of carbonyl (C=O) groups is 1. The van der Waals surface area contributed by atoms with Crippen LogP contribution in [-0.2, 0) is 25.6 Å². The molecular weight excluding hydrogens is 598 g/mol. The molecule has 0 spiro atoms. The second-order valence-electron chi connectivity index (χ2n) is 12.7. The summed E-state index contributed by atoms with van der Waals surface area (Å²) in [5.41, 5.74) is 2.02. The van der Waals surface area contributed by atoms with E-state index in [0.717, 1.165) is 0 Å². The molecule has 1 amide bonds. The average molecular weight is 641 g/mol. The van der Waals surface area contributed by atoms with Gasteiger partial charge in [0.25, 0.3) is 0 Å². The van der Waals surface area contributed by atoms with Gasteiger partial charge in [0.15, 0.2) is 6.23 Å². The number of alkyl carbamates (subject to hydrolysis) is 1. The Balaban J connectivity index is 1.68. The summed E-state index contributed by atoms with van der Waals surface area (Å²) in [5.74, 6) is -2.03. The van der Waals surface area contributed by atoms with Crippen molar-refractivity contribution >= 4 is 6.09 Å². The van der Waals surface area contributed by atoms with Crippen molar-refractivity contribution in [2.45, 2.75) is 133 Å². The smallest absolute Gasteiger partial charge is 0.421 e. The number of piperidine rings is 1. The summed E-state index contributed by atoms with van der Waals surface area (Å²) in [6.45, 7) is 6.07. The van der Waals surface area contributed by atoms with E-state index in [9.17, 15) is 18.0 Å². The Kier molecular flexibility index (Phi) is 10.8. The number of hydrogen-bond acceptors (Lipinski definition) is 8. The van der Waals surface area contributed by atoms with Gasteiger partial charge in [-0.2, -0.15) is 26.3 Å². The Labute approximate surface area is 253 Å². The molecule has 4 rings (SSSR count). The zero-order valence-electron chi connectivity index (χ0n) is 25.2. The van der Waals surface area contributed by atoms with Crippen LogP contribution in [0.3, 0.4) is 0 Å². The fourth-order valence-electron chi connectivity index (χ4n) is 5.84. The third-order valence-corrected chi connectivity index (χ3v) is 8.03. The number of alkyl halides is 6. The van der Waals surface area contributed by atoms with E-state index in [1.165, 1.54) is 0 Å². The highest BCUT2D eigenvalue weighted by Crippen LogP contribution is 2.44. The number of ether oxygens (including phenoxy) is 4. The molecule has 4 N–H and O–H groups in total. The van der Waals surface area contributed by atoms with Crippen LogP contribution in [0.2, 0.25) is 0 Å². The average Bonchev–Trinajstić information content (AvgIpc) is 3.39. The number of amides is 1. The first-order valence-electron chi connectivity index (χ1n) is 14.9. The van der Waals surface area contributed by atoms with Crippen LogP contribution in [-0.4, -0.2) is 66.5 Å². The molecule has 250 valence electrons. The van der Waals surface area contributed by atoms with E-state index in [4.69, 9.17) is 18.9 Å². The number of halogens is 6. The van der Waals surface area contributed by atoms with E-state index >= 15 is 13.2 Å². The summed E-state index contributed by atoms with van der Waals surface area (Å²) in [6.07, 6.45) is -15.6. The number of nitrogens with one attached hydrogen (secondary N) is 4. The normalized spacial score (nSPS) is 34.2. The molecule has 0 saturated carbocycles. The van der Waals surface area contributed by atoms with Crippen molar-refractivity contribution in [3.05, 3.63) is 35.9 Å². The molecule has 8 atom stereocenters. The van der Waals surface area contributed by atoms with Crippen molar-refractivity contribution in [3.8, 4) is 0 Å². The fraction of sp³-hybridized carbons (Fsp3) is 0.759. The van der Waals surface area contributed by atoms with Crippen molar-refractivity contribution < 1.29 is 50.1 Å². The van der Waals surface area contributed by atoms with E-state index in [1.807, 2.05) is 0 Å². The monoisotopic (exact) mass is 640 g/mol. The van der Waals surface area contributed by atoms with Crippen molar-refractivity contribution in [2.75, 3.05) is 0 Å². The maximum absolute atomic E-state index is 15.0. The van der Waals surface area contributed by atoms with Crippen LogP contribution in [0.1, 0.15) is 71.8 Å². The van der Waals surface area contributed by atoms with E-state index in [2.05, 4.69) is 21.5 Å². The number of hydrazine groups is 1. The molecular formula is C29H42F6N4O5. The number of rotatable bonds is 4. The molecule has 15 heteroatoms. The van der Waals surface area contributed by atoms with Crippen molar-refractivity contribution in [2.24, 2.45) is 5.92 Å². The summed E-state index contributed by atoms with van der Waals surface area (Å²) >= 11 is 0. The summed E-state index contributed by atoms with van der Waals surface area (Å²) < 4.78 is 111. The number of carbonyl (C=O) groups excluding carboxylic acids is 1. The highest BCUT2D eigenvalue weighted by atomic mass is 19.4. The third kappa shape index (κ3) is 8.55. The summed E-state index contributed by atoms with van der Waals surface area (Å²) in [7, 11) is 0. The van der Waals surface area contributed by atoms with Gasteiger partial charge in [-0.25, -0.2) is 15.6 Å². The number of benzene rings is 1. The lowest BCUT2D eigenvalue weighted by Gasteiger charge is -2.45. The highest BCUT2D eigenvalue weighted by Gasteiger charge is 2.64. The Morgan fingerprint density at radius 3 is 2.34 bits per heavy atom. The number of fused-ring (bicyclic) bond motifs is 5. The molecule has 3 fully saturated rings. The Morgan fingerprint density at radius 1 is 1.00 bits per heavy atom. The summed E-state index contributed by atoms with van der Waals surface area (Å²) in [4.78, 5) is 12.7. The molecule has 6 unspecified atom stereocenters. The van der Waals surface area contributed by atoms with Gasteiger partial charge in [0.2, 0.25) is 5.60 Å². The molecule has 0 radical (unpaired) electrons. The van der Waals surface area contributed by atoms with Gasteiger partial charge in [-0.15, -0.1) is 0 Å². The van der Waals surface area contributed by atoms with Gasteiger partial charge in [-0.3, -0.25) is 5.32 Å². The second-order valence-corrected chi connectivity index (χ2v) is 12.7. The van der Waals surface area contributed by atoms with Crippen molar-refractivity contribution in [1.29, 1.82) is 0 Å². The van der Waals surface area contributed by atoms with E-state index in [-0.39, 0.29) is 13.0 Å². The van der Waals surface area contributed by atoms with Gasteiger partial charge in [0.05, 0.1) is 30.7 Å². The van der Waals surface area contributed by atoms with Gasteiger partial charge in [-0.05, 0) is 52.5 Å². The SMILES string of the molecule is C[C@@H]1CCCCC[C@](OCc2ccccc2)(C(F)(F)F)C2NNC(O2)C2NC(O1)C(C(F)(F)F)CC2NC(=O)OC(C)(C)C. The van der Waals surface area contributed by atoms with Gasteiger partial charge < -0.3 is 24.3 Å². The largest absolute Gasteiger partial charge is 0.444 e. The van der Waals surface area contributed by atoms with Gasteiger partial charge in [0, 0.05) is 0 Å². The zero-order valence-corrected chi connectivity index (χ0v) is 25.2. The van der Waals surface area contributed by atoms with Crippen LogP contribution in [0.4, 0.5) is 31.1 Å². The van der Waals surface area contributed by atoms with Crippen LogP contribution in [0.25, 0.3) is 0 Å². The third-order valence-electron chi connectivity index (χ3n) is 8.03. The molecule has 0 aliphatic carbocycles. The van der Waals surface area contributed by atoms with Crippen molar-refractivity contribution in [1.82, 2.24) is 21.5 Å². The molecule has 3 saturated heterocycles. The lowest BCUT2D eigenvalue weighted by molar-refractivity contribution is -0.321. The highest BCUT2D eigenvalue weighted by molar-refractivity contribution is 5.68. The van der Waals surface area contributed by atoms with E-state index in [0.29, 0.717) is 24.8 Å². The van der Waals surface area contributed by atoms with Crippen LogP contribution < -0.4 is 21.5 Å². The number of hydrogen-bond donors (Lipinski definition) is 4. The quantitative estimate of drug-likeness (QED) is 0.325. The topological polar surface area (TPSA) is 102 Å². The molecule has 9 nitrogen and oxygen atoms in total. The Bertz CT molecular complexity index is 1090. The van der Waals surface area contributed by atoms with Gasteiger partial charge in [-0.1, -0.05) is 49.6 Å². The standard InChI is InChI=1S/C29H42F6N4O5/c1-17-11-7-6-10-14-27(29(33,34)35,41-16-18-12-8-5-9-13-18)24-39-38-23(43-24)21-20(36-25(40)44-26(2,3)4)15-19(28(30,31)32)22(37-21)42-17/h5,8-9,12-13,17,19-24,37-39H,6-7,10-11,14-16H2,1-4H3,(H,36,40)/t17-,19?,20?,21?,22?,23?,24?,27-/m1/s1. The lowest BCUT2D eigenvalue weighted by atomic mass is 9.86. The van der Waals surface area contributed by atoms with Crippen LogP contribution in [0, 0.1) is 5.92 Å². The predicted molar refractivity (Wildman–Crippen MR) is 147 cm³/mol. The summed E-state index contributed by atoms with van der Waals surface area (Å²) in [5, 5.41) is 5.28. The first-order valence-corrected chi connectivity index (χ1v) is 14.9. The molecule has 1 aromatic rings. The van der Waals surface area contributed by atoms with E-state index < -0.39 is 85.3 Å². The minimum atomic E-state index is -4.89. The maximum Gasteiger partial charge on any atom is 0.421 e. The Hall–Kier alpha value is -2.17. The summed E-state index contributed by atoms with van der Waals surface area (Å²) in [6, 6.07) is 6.00. The molecule has 4 bridgehead atoms. The fourth-order valence-corrected chi connectivity index (χ4v) is 5.84. The molecule has 3 aliphatic heterocycles. The zero-order chi connectivity index (χ0) is 32.3. The first-order chi connectivity index (χ1) is 20.5. The van der Waals surface area contributed by atoms with Crippen LogP contribution in [0.5, 0.6) is 0 Å². The minimum Gasteiger partial charge on any atom is -0.444 e. The Morgan fingerprint density at radius 2 is 1.70 bits per heavy atom. The molecule has 3 heterocycles. The van der Waals surface area contributed by atoms with Gasteiger partial charge in [0.1, 0.15) is 18.1 Å². The van der Waals surface area contributed by atoms with Crippen molar-refractivity contribution in [3.63, 3.8) is 0 Å². The molecule has 1 aromatic carbocycles. The molecule has 44 heavy (non-hydrogen) atoms. The van der Waals surface area contributed by atoms with Crippen LogP contribution in [0.15, 0.2) is 30.3 Å². The molecule has 3 aliphatic rings. The predicted octanol–water partition coefficient (Wildman–Crippen LogP) is 5.41. The maximum atomic E-state index is 15.0.